The molecule has 164 valence electrons. The number of benzene rings is 2. The van der Waals surface area contributed by atoms with Gasteiger partial charge in [0, 0.05) is 23.6 Å². The van der Waals surface area contributed by atoms with Crippen LogP contribution in [0.1, 0.15) is 47.8 Å². The topological polar surface area (TPSA) is 85.5 Å². The third kappa shape index (κ3) is 4.42. The third-order valence-corrected chi connectivity index (χ3v) is 5.91. The van der Waals surface area contributed by atoms with Gasteiger partial charge >= 0.3 is 0 Å². The number of aromatic amines is 1. The van der Waals surface area contributed by atoms with Gasteiger partial charge in [-0.1, -0.05) is 6.42 Å². The first-order valence-corrected chi connectivity index (χ1v) is 10.4. The van der Waals surface area contributed by atoms with E-state index in [-0.39, 0.29) is 24.4 Å². The maximum Gasteiger partial charge on any atom is 0.251 e. The molecule has 0 unspecified atom stereocenters. The molecular weight excluding hydrogens is 418 g/mol. The van der Waals surface area contributed by atoms with E-state index < -0.39 is 0 Å². The Kier molecular flexibility index (Phi) is 6.23. The molecule has 1 fully saturated rings. The first kappa shape index (κ1) is 21.3. The molecule has 0 saturated heterocycles. The lowest BCUT2D eigenvalue weighted by Crippen LogP contribution is -2.38. The number of hydrogen-bond acceptors (Lipinski definition) is 5. The van der Waals surface area contributed by atoms with Gasteiger partial charge in [-0.15, -0.1) is 12.4 Å². The summed E-state index contributed by atoms with van der Waals surface area (Å²) < 4.78 is 16.4. The Balaban J connectivity index is 0.00000231. The number of amides is 1. The molecule has 7 nitrogen and oxygen atoms in total. The van der Waals surface area contributed by atoms with Crippen molar-refractivity contribution >= 4 is 29.3 Å². The van der Waals surface area contributed by atoms with Crippen LogP contribution < -0.4 is 19.5 Å². The SMILES string of the molecule is COc1ccc2nc([C@H]3CCC[C@@H](NC(=O)c4ccc5c(c4)OCCO5)C3)[nH]c2c1.Cl. The number of aromatic nitrogens is 2. The number of nitrogens with one attached hydrogen (secondary N) is 2. The van der Waals surface area contributed by atoms with Gasteiger partial charge < -0.3 is 24.5 Å². The van der Waals surface area contributed by atoms with Gasteiger partial charge in [-0.3, -0.25) is 4.79 Å². The molecule has 0 spiro atoms. The van der Waals surface area contributed by atoms with Crippen LogP contribution in [-0.2, 0) is 0 Å². The Morgan fingerprint density at radius 1 is 1.13 bits per heavy atom. The van der Waals surface area contributed by atoms with Crippen LogP contribution in [0.25, 0.3) is 11.0 Å². The van der Waals surface area contributed by atoms with E-state index in [1.54, 1.807) is 25.3 Å². The number of halogens is 1. The van der Waals surface area contributed by atoms with Crippen LogP contribution in [0, 0.1) is 0 Å². The summed E-state index contributed by atoms with van der Waals surface area (Å²) in [5, 5.41) is 3.20. The molecule has 8 heteroatoms. The molecule has 1 aliphatic carbocycles. The number of rotatable bonds is 4. The van der Waals surface area contributed by atoms with Crippen LogP contribution in [0.4, 0.5) is 0 Å². The minimum absolute atomic E-state index is 0. The minimum atomic E-state index is -0.0769. The van der Waals surface area contributed by atoms with Crippen molar-refractivity contribution < 1.29 is 19.0 Å². The first-order chi connectivity index (χ1) is 14.7. The molecule has 2 aliphatic rings. The lowest BCUT2D eigenvalue weighted by Gasteiger charge is -2.29. The zero-order valence-corrected chi connectivity index (χ0v) is 18.2. The van der Waals surface area contributed by atoms with Crippen LogP contribution >= 0.6 is 12.4 Å². The summed E-state index contributed by atoms with van der Waals surface area (Å²) in [5.41, 5.74) is 2.51. The van der Waals surface area contributed by atoms with Gasteiger partial charge in [0.15, 0.2) is 11.5 Å². The van der Waals surface area contributed by atoms with Crippen LogP contribution in [0.3, 0.4) is 0 Å². The van der Waals surface area contributed by atoms with Gasteiger partial charge in [0.2, 0.25) is 0 Å². The van der Waals surface area contributed by atoms with Gasteiger partial charge in [0.05, 0.1) is 18.1 Å². The molecule has 0 radical (unpaired) electrons. The van der Waals surface area contributed by atoms with Gasteiger partial charge in [-0.2, -0.15) is 0 Å². The third-order valence-electron chi connectivity index (χ3n) is 5.91. The lowest BCUT2D eigenvalue weighted by molar-refractivity contribution is 0.0923. The number of imidazole rings is 1. The summed E-state index contributed by atoms with van der Waals surface area (Å²) in [5.74, 6) is 3.34. The van der Waals surface area contributed by atoms with E-state index in [4.69, 9.17) is 19.2 Å². The molecule has 3 aromatic rings. The van der Waals surface area contributed by atoms with E-state index in [2.05, 4.69) is 10.3 Å². The quantitative estimate of drug-likeness (QED) is 0.630. The Bertz CT molecular complexity index is 1080. The van der Waals surface area contributed by atoms with Crippen molar-refractivity contribution in [2.24, 2.45) is 0 Å². The molecule has 2 heterocycles. The second kappa shape index (κ2) is 9.06. The highest BCUT2D eigenvalue weighted by atomic mass is 35.5. The summed E-state index contributed by atoms with van der Waals surface area (Å²) in [4.78, 5) is 21.0. The van der Waals surface area contributed by atoms with Crippen LogP contribution in [0.5, 0.6) is 17.2 Å². The normalized spacial score (nSPS) is 20.0. The Hall–Kier alpha value is -2.93. The Morgan fingerprint density at radius 3 is 2.81 bits per heavy atom. The summed E-state index contributed by atoms with van der Waals surface area (Å²) in [7, 11) is 1.66. The number of H-pyrrole nitrogens is 1. The van der Waals surface area contributed by atoms with E-state index in [0.29, 0.717) is 36.2 Å². The number of nitrogens with zero attached hydrogens (tertiary/aromatic N) is 1. The van der Waals surface area contributed by atoms with Crippen molar-refractivity contribution in [3.8, 4) is 17.2 Å². The van der Waals surface area contributed by atoms with Gasteiger partial charge in [0.25, 0.3) is 5.91 Å². The van der Waals surface area contributed by atoms with Gasteiger partial charge in [-0.25, -0.2) is 4.98 Å². The van der Waals surface area contributed by atoms with Crippen molar-refractivity contribution in [2.45, 2.75) is 37.6 Å². The smallest absolute Gasteiger partial charge is 0.251 e. The molecule has 2 N–H and O–H groups in total. The number of ether oxygens (including phenoxy) is 3. The lowest BCUT2D eigenvalue weighted by atomic mass is 9.85. The van der Waals surface area contributed by atoms with Crippen LogP contribution in [-0.4, -0.2) is 42.2 Å². The zero-order valence-electron chi connectivity index (χ0n) is 17.3. The average Bonchev–Trinajstić information content (AvgIpc) is 3.22. The molecule has 1 saturated carbocycles. The maximum atomic E-state index is 12.8. The summed E-state index contributed by atoms with van der Waals surface area (Å²) in [6.07, 6.45) is 3.96. The summed E-state index contributed by atoms with van der Waals surface area (Å²) in [6.45, 7) is 1.04. The predicted molar refractivity (Wildman–Crippen MR) is 120 cm³/mol. The largest absolute Gasteiger partial charge is 0.497 e. The van der Waals surface area contributed by atoms with Crippen molar-refractivity contribution in [3.63, 3.8) is 0 Å². The summed E-state index contributed by atoms with van der Waals surface area (Å²) in [6, 6.07) is 11.3. The number of methoxy groups -OCH3 is 1. The highest BCUT2D eigenvalue weighted by Gasteiger charge is 2.27. The zero-order chi connectivity index (χ0) is 20.5. The number of hydrogen-bond donors (Lipinski definition) is 2. The second-order valence-electron chi connectivity index (χ2n) is 7.90. The molecule has 1 aliphatic heterocycles. The molecule has 1 aromatic heterocycles. The maximum absolute atomic E-state index is 12.8. The minimum Gasteiger partial charge on any atom is -0.497 e. The van der Waals surface area contributed by atoms with Crippen molar-refractivity contribution in [1.82, 2.24) is 15.3 Å². The second-order valence-corrected chi connectivity index (χ2v) is 7.90. The van der Waals surface area contributed by atoms with Crippen molar-refractivity contribution in [2.75, 3.05) is 20.3 Å². The highest BCUT2D eigenvalue weighted by molar-refractivity contribution is 5.95. The van der Waals surface area contributed by atoms with Crippen molar-refractivity contribution in [1.29, 1.82) is 0 Å². The molecular formula is C23H26ClN3O4. The molecule has 31 heavy (non-hydrogen) atoms. The standard InChI is InChI=1S/C23H25N3O4.ClH/c1-28-17-6-7-18-19(13-17)26-22(25-18)14-3-2-4-16(11-14)24-23(27)15-5-8-20-21(12-15)30-10-9-29-20;/h5-8,12-14,16H,2-4,9-11H2,1H3,(H,24,27)(H,25,26);1H/t14-,16+;/m0./s1. The Morgan fingerprint density at radius 2 is 1.97 bits per heavy atom. The summed E-state index contributed by atoms with van der Waals surface area (Å²) >= 11 is 0. The van der Waals surface area contributed by atoms with E-state index in [9.17, 15) is 4.79 Å². The van der Waals surface area contributed by atoms with E-state index in [0.717, 1.165) is 48.3 Å². The van der Waals surface area contributed by atoms with E-state index in [1.165, 1.54) is 0 Å². The first-order valence-electron chi connectivity index (χ1n) is 10.4. The highest BCUT2D eigenvalue weighted by Crippen LogP contribution is 2.34. The monoisotopic (exact) mass is 443 g/mol. The van der Waals surface area contributed by atoms with Gasteiger partial charge in [-0.05, 0) is 49.6 Å². The number of carbonyl (C=O) groups is 1. The van der Waals surface area contributed by atoms with E-state index in [1.807, 2.05) is 18.2 Å². The fraction of sp³-hybridized carbons (Fsp3) is 0.391. The fourth-order valence-electron chi connectivity index (χ4n) is 4.35. The molecule has 0 bridgehead atoms. The number of carbonyl (C=O) groups excluding carboxylic acids is 1. The molecule has 1 amide bonds. The van der Waals surface area contributed by atoms with Crippen LogP contribution in [0.2, 0.25) is 0 Å². The van der Waals surface area contributed by atoms with Crippen molar-refractivity contribution in [3.05, 3.63) is 47.8 Å². The number of fused-ring (bicyclic) bond motifs is 2. The van der Waals surface area contributed by atoms with E-state index >= 15 is 0 Å². The molecule has 2 aromatic carbocycles. The van der Waals surface area contributed by atoms with Crippen LogP contribution in [0.15, 0.2) is 36.4 Å². The fourth-order valence-corrected chi connectivity index (χ4v) is 4.35. The average molecular weight is 444 g/mol. The predicted octanol–water partition coefficient (Wildman–Crippen LogP) is 4.22. The Labute approximate surface area is 186 Å². The van der Waals surface area contributed by atoms with Gasteiger partial charge in [0.1, 0.15) is 24.8 Å². The molecule has 5 rings (SSSR count). The molecule has 2 atom stereocenters.